The van der Waals surface area contributed by atoms with Gasteiger partial charge in [-0.1, -0.05) is 54.2 Å². The van der Waals surface area contributed by atoms with E-state index in [1.54, 1.807) is 13.1 Å². The Kier molecular flexibility index (Phi) is 4.87. The highest BCUT2D eigenvalue weighted by Crippen LogP contribution is 2.24. The maximum atomic E-state index is 12.5. The van der Waals surface area contributed by atoms with E-state index in [-0.39, 0.29) is 16.7 Å². The molecule has 2 heterocycles. The molecule has 0 saturated heterocycles. The molecule has 4 aromatic rings. The molecule has 0 aliphatic rings. The van der Waals surface area contributed by atoms with E-state index in [1.807, 2.05) is 59.9 Å². The van der Waals surface area contributed by atoms with Crippen LogP contribution in [0.15, 0.2) is 64.5 Å². The molecule has 0 saturated carbocycles. The lowest BCUT2D eigenvalue weighted by Gasteiger charge is -2.12. The van der Waals surface area contributed by atoms with Gasteiger partial charge < -0.3 is 5.32 Å². The van der Waals surface area contributed by atoms with Gasteiger partial charge in [0.2, 0.25) is 11.7 Å². The molecule has 2 aromatic carbocycles. The first-order valence-corrected chi connectivity index (χ1v) is 9.75. The summed E-state index contributed by atoms with van der Waals surface area (Å²) in [5.41, 5.74) is 1.65. The number of aryl methyl sites for hydroxylation is 1. The van der Waals surface area contributed by atoms with Crippen molar-refractivity contribution in [3.63, 3.8) is 0 Å². The van der Waals surface area contributed by atoms with Crippen LogP contribution in [-0.2, 0) is 18.4 Å². The Morgan fingerprint density at radius 3 is 2.61 bits per heavy atom. The maximum absolute atomic E-state index is 12.5. The fourth-order valence-corrected chi connectivity index (χ4v) is 3.91. The van der Waals surface area contributed by atoms with Crippen LogP contribution in [0.3, 0.4) is 0 Å². The number of hydrogen-bond donors (Lipinski definition) is 1. The van der Waals surface area contributed by atoms with Gasteiger partial charge >= 0.3 is 0 Å². The Labute approximate surface area is 165 Å². The SMILES string of the molecule is CC(Sc1nnc2n(C)c(=O)c3ccccc3n12)C(=O)NCc1ccccc1. The minimum absolute atomic E-state index is 0.0836. The molecule has 28 heavy (non-hydrogen) atoms. The van der Waals surface area contributed by atoms with Gasteiger partial charge in [0.25, 0.3) is 5.56 Å². The van der Waals surface area contributed by atoms with Crippen molar-refractivity contribution in [2.75, 3.05) is 0 Å². The summed E-state index contributed by atoms with van der Waals surface area (Å²) >= 11 is 1.31. The van der Waals surface area contributed by atoms with Crippen molar-refractivity contribution in [1.29, 1.82) is 0 Å². The van der Waals surface area contributed by atoms with Crippen LogP contribution >= 0.6 is 11.8 Å². The second-order valence-corrected chi connectivity index (χ2v) is 7.77. The molecule has 0 aliphatic carbocycles. The molecular weight excluding hydrogens is 374 g/mol. The van der Waals surface area contributed by atoms with Crippen LogP contribution in [0.25, 0.3) is 16.7 Å². The van der Waals surface area contributed by atoms with Crippen molar-refractivity contribution in [2.24, 2.45) is 7.05 Å². The number of nitrogens with one attached hydrogen (secondary N) is 1. The highest BCUT2D eigenvalue weighted by atomic mass is 32.2. The molecular formula is C20H19N5O2S. The van der Waals surface area contributed by atoms with Gasteiger partial charge in [0.1, 0.15) is 0 Å². The number of amides is 1. The predicted molar refractivity (Wildman–Crippen MR) is 109 cm³/mol. The number of thioether (sulfide) groups is 1. The van der Waals surface area contributed by atoms with Crippen molar-refractivity contribution in [2.45, 2.75) is 23.9 Å². The highest BCUT2D eigenvalue weighted by molar-refractivity contribution is 8.00. The zero-order chi connectivity index (χ0) is 19.7. The number of rotatable bonds is 5. The Bertz CT molecular complexity index is 1220. The van der Waals surface area contributed by atoms with Crippen molar-refractivity contribution >= 4 is 34.3 Å². The fraction of sp³-hybridized carbons (Fsp3) is 0.200. The number of carbonyl (C=O) groups is 1. The predicted octanol–water partition coefficient (Wildman–Crippen LogP) is 2.38. The monoisotopic (exact) mass is 393 g/mol. The van der Waals surface area contributed by atoms with E-state index in [9.17, 15) is 9.59 Å². The standard InChI is InChI=1S/C20H19N5O2S/c1-13(17(26)21-12-14-8-4-3-5-9-14)28-20-23-22-19-24(2)18(27)15-10-6-7-11-16(15)25(19)20/h3-11,13H,12H2,1-2H3,(H,21,26). The van der Waals surface area contributed by atoms with Gasteiger partial charge in [-0.3, -0.25) is 18.6 Å². The topological polar surface area (TPSA) is 81.3 Å². The van der Waals surface area contributed by atoms with Gasteiger partial charge in [0, 0.05) is 13.6 Å². The van der Waals surface area contributed by atoms with Gasteiger partial charge in [-0.2, -0.15) is 0 Å². The first-order valence-electron chi connectivity index (χ1n) is 8.87. The Hall–Kier alpha value is -3.13. The van der Waals surface area contributed by atoms with Gasteiger partial charge in [0.05, 0.1) is 16.2 Å². The highest BCUT2D eigenvalue weighted by Gasteiger charge is 2.20. The molecule has 0 bridgehead atoms. The van der Waals surface area contributed by atoms with Gasteiger partial charge in [-0.25, -0.2) is 0 Å². The molecule has 0 aliphatic heterocycles. The second-order valence-electron chi connectivity index (χ2n) is 6.46. The number of hydrogen-bond acceptors (Lipinski definition) is 5. The number of carbonyl (C=O) groups excluding carboxylic acids is 1. The zero-order valence-electron chi connectivity index (χ0n) is 15.5. The summed E-state index contributed by atoms with van der Waals surface area (Å²) in [6.45, 7) is 2.30. The Morgan fingerprint density at radius 2 is 1.82 bits per heavy atom. The van der Waals surface area contributed by atoms with Crippen molar-refractivity contribution < 1.29 is 4.79 Å². The van der Waals surface area contributed by atoms with Crippen LogP contribution in [-0.4, -0.2) is 30.3 Å². The average Bonchev–Trinajstić information content (AvgIpc) is 3.14. The molecule has 4 rings (SSSR count). The zero-order valence-corrected chi connectivity index (χ0v) is 16.3. The summed E-state index contributed by atoms with van der Waals surface area (Å²) in [6.07, 6.45) is 0. The third kappa shape index (κ3) is 3.27. The number of benzene rings is 2. The molecule has 1 N–H and O–H groups in total. The minimum Gasteiger partial charge on any atom is -0.351 e. The summed E-state index contributed by atoms with van der Waals surface area (Å²) in [5, 5.41) is 12.1. The molecule has 0 radical (unpaired) electrons. The molecule has 1 atom stereocenters. The number of aromatic nitrogens is 4. The normalized spacial score (nSPS) is 12.4. The lowest BCUT2D eigenvalue weighted by Crippen LogP contribution is -2.30. The first-order chi connectivity index (χ1) is 13.6. The minimum atomic E-state index is -0.368. The Morgan fingerprint density at radius 1 is 1.11 bits per heavy atom. The Balaban J connectivity index is 1.61. The fourth-order valence-electron chi connectivity index (χ4n) is 3.03. The van der Waals surface area contributed by atoms with E-state index < -0.39 is 0 Å². The summed E-state index contributed by atoms with van der Waals surface area (Å²) in [7, 11) is 1.67. The van der Waals surface area contributed by atoms with Crippen molar-refractivity contribution in [1.82, 2.24) is 24.5 Å². The smallest absolute Gasteiger partial charge is 0.262 e. The van der Waals surface area contributed by atoms with E-state index in [2.05, 4.69) is 15.5 Å². The van der Waals surface area contributed by atoms with Crippen LogP contribution in [0.1, 0.15) is 12.5 Å². The van der Waals surface area contributed by atoms with E-state index in [0.717, 1.165) is 11.1 Å². The maximum Gasteiger partial charge on any atom is 0.262 e. The molecule has 142 valence electrons. The van der Waals surface area contributed by atoms with E-state index in [1.165, 1.54) is 16.3 Å². The van der Waals surface area contributed by atoms with Crippen LogP contribution < -0.4 is 10.9 Å². The van der Waals surface area contributed by atoms with Crippen LogP contribution in [0, 0.1) is 0 Å². The molecule has 7 nitrogen and oxygen atoms in total. The van der Waals surface area contributed by atoms with Gasteiger partial charge in [-0.15, -0.1) is 10.2 Å². The summed E-state index contributed by atoms with van der Waals surface area (Å²) in [6, 6.07) is 17.1. The van der Waals surface area contributed by atoms with E-state index in [0.29, 0.717) is 22.9 Å². The first kappa shape index (κ1) is 18.2. The van der Waals surface area contributed by atoms with Crippen LogP contribution in [0.5, 0.6) is 0 Å². The molecule has 2 aromatic heterocycles. The van der Waals surface area contributed by atoms with Crippen LogP contribution in [0.2, 0.25) is 0 Å². The number of para-hydroxylation sites is 1. The lowest BCUT2D eigenvalue weighted by atomic mass is 10.2. The molecule has 0 fully saturated rings. The summed E-state index contributed by atoms with van der Waals surface area (Å²) < 4.78 is 3.29. The third-order valence-corrected chi connectivity index (χ3v) is 5.60. The van der Waals surface area contributed by atoms with Gasteiger partial charge in [-0.05, 0) is 24.6 Å². The largest absolute Gasteiger partial charge is 0.351 e. The van der Waals surface area contributed by atoms with Gasteiger partial charge in [0.15, 0.2) is 5.16 Å². The average molecular weight is 393 g/mol. The molecule has 0 spiro atoms. The lowest BCUT2D eigenvalue weighted by molar-refractivity contribution is -0.120. The molecule has 8 heteroatoms. The number of nitrogens with zero attached hydrogens (tertiary/aromatic N) is 4. The van der Waals surface area contributed by atoms with Crippen molar-refractivity contribution in [3.05, 3.63) is 70.5 Å². The summed E-state index contributed by atoms with van der Waals surface area (Å²) in [5.74, 6) is 0.364. The molecule has 1 amide bonds. The quantitative estimate of drug-likeness (QED) is 0.527. The molecule has 1 unspecified atom stereocenters. The van der Waals surface area contributed by atoms with E-state index >= 15 is 0 Å². The van der Waals surface area contributed by atoms with Crippen LogP contribution in [0.4, 0.5) is 0 Å². The van der Waals surface area contributed by atoms with E-state index in [4.69, 9.17) is 0 Å². The number of fused-ring (bicyclic) bond motifs is 3. The summed E-state index contributed by atoms with van der Waals surface area (Å²) in [4.78, 5) is 25.0. The third-order valence-electron chi connectivity index (χ3n) is 4.56. The van der Waals surface area contributed by atoms with Crippen molar-refractivity contribution in [3.8, 4) is 0 Å². The second kappa shape index (κ2) is 7.47.